The van der Waals surface area contributed by atoms with E-state index in [1.807, 2.05) is 25.1 Å². The molecule has 0 aliphatic carbocycles. The molecule has 0 N–H and O–H groups in total. The Morgan fingerprint density at radius 3 is 2.29 bits per heavy atom. The smallest absolute Gasteiger partial charge is 0.258 e. The van der Waals surface area contributed by atoms with Crippen LogP contribution in [0.5, 0.6) is 0 Å². The van der Waals surface area contributed by atoms with Crippen LogP contribution in [0.3, 0.4) is 0 Å². The van der Waals surface area contributed by atoms with Crippen LogP contribution in [0, 0.1) is 10.1 Å². The average molecular weight is 284 g/mol. The van der Waals surface area contributed by atoms with Crippen molar-refractivity contribution in [3.05, 3.63) is 76.1 Å². The molecule has 0 aliphatic rings. The Balaban J connectivity index is 0.000000211. The minimum atomic E-state index is -0.389. The van der Waals surface area contributed by atoms with Crippen molar-refractivity contribution in [3.63, 3.8) is 0 Å². The van der Waals surface area contributed by atoms with Gasteiger partial charge >= 0.3 is 0 Å². The zero-order valence-electron chi connectivity index (χ0n) is 12.5. The highest BCUT2D eigenvalue weighted by atomic mass is 16.6. The second-order valence-electron chi connectivity index (χ2n) is 4.39. The van der Waals surface area contributed by atoms with Crippen molar-refractivity contribution in [2.75, 3.05) is 0 Å². The van der Waals surface area contributed by atoms with Crippen molar-refractivity contribution in [1.29, 1.82) is 0 Å². The monoisotopic (exact) mass is 284 g/mol. The molecule has 0 fully saturated rings. The van der Waals surface area contributed by atoms with Gasteiger partial charge in [0.1, 0.15) is 0 Å². The van der Waals surface area contributed by atoms with Crippen LogP contribution >= 0.6 is 0 Å². The topological polar surface area (TPSA) is 56.0 Å². The van der Waals surface area contributed by atoms with Crippen LogP contribution in [-0.2, 0) is 12.8 Å². The van der Waals surface area contributed by atoms with E-state index < -0.39 is 0 Å². The van der Waals surface area contributed by atoms with E-state index in [-0.39, 0.29) is 10.6 Å². The third kappa shape index (κ3) is 5.57. The van der Waals surface area contributed by atoms with Crippen LogP contribution in [0.4, 0.5) is 5.69 Å². The highest BCUT2D eigenvalue weighted by Crippen LogP contribution is 2.11. The van der Waals surface area contributed by atoms with Crippen LogP contribution < -0.4 is 0 Å². The van der Waals surface area contributed by atoms with Crippen molar-refractivity contribution >= 4 is 11.8 Å². The van der Waals surface area contributed by atoms with Crippen molar-refractivity contribution in [1.82, 2.24) is 4.98 Å². The predicted octanol–water partition coefficient (Wildman–Crippen LogP) is 4.44. The summed E-state index contributed by atoms with van der Waals surface area (Å²) in [6.07, 6.45) is 3.67. The number of benzene rings is 1. The molecule has 0 aliphatic heterocycles. The molecule has 0 radical (unpaired) electrons. The number of pyridine rings is 1. The third-order valence-electron chi connectivity index (χ3n) is 2.96. The number of non-ortho nitro benzene ring substituents is 1. The summed E-state index contributed by atoms with van der Waals surface area (Å²) in [4.78, 5) is 14.1. The summed E-state index contributed by atoms with van der Waals surface area (Å²) in [5, 5.41) is 10.2. The lowest BCUT2D eigenvalue weighted by Gasteiger charge is -1.95. The molecule has 0 saturated carbocycles. The molecular formula is C17H20N2O2. The molecule has 0 atom stereocenters. The van der Waals surface area contributed by atoms with Crippen LogP contribution in [0.1, 0.15) is 30.8 Å². The van der Waals surface area contributed by atoms with Gasteiger partial charge in [-0.2, -0.15) is 0 Å². The molecular weight excluding hydrogens is 264 g/mol. The molecule has 110 valence electrons. The lowest BCUT2D eigenvalue weighted by Crippen LogP contribution is -1.87. The minimum absolute atomic E-state index is 0.155. The maximum atomic E-state index is 10.2. The van der Waals surface area contributed by atoms with Crippen molar-refractivity contribution in [3.8, 4) is 0 Å². The quantitative estimate of drug-likeness (QED) is 0.616. The summed E-state index contributed by atoms with van der Waals surface area (Å²) in [6, 6.07) is 12.6. The predicted molar refractivity (Wildman–Crippen MR) is 86.2 cm³/mol. The number of aryl methyl sites for hydroxylation is 2. The Hall–Kier alpha value is -2.49. The van der Waals surface area contributed by atoms with Gasteiger partial charge in [-0.25, -0.2) is 0 Å². The van der Waals surface area contributed by atoms with Crippen molar-refractivity contribution in [2.45, 2.75) is 26.7 Å². The van der Waals surface area contributed by atoms with Gasteiger partial charge in [0.15, 0.2) is 0 Å². The van der Waals surface area contributed by atoms with Crippen LogP contribution in [-0.4, -0.2) is 9.91 Å². The third-order valence-corrected chi connectivity index (χ3v) is 2.96. The molecule has 21 heavy (non-hydrogen) atoms. The van der Waals surface area contributed by atoms with Crippen LogP contribution in [0.15, 0.2) is 49.0 Å². The van der Waals surface area contributed by atoms with Gasteiger partial charge in [0.25, 0.3) is 5.69 Å². The van der Waals surface area contributed by atoms with Crippen LogP contribution in [0.25, 0.3) is 6.08 Å². The minimum Gasteiger partial charge on any atom is -0.258 e. The Morgan fingerprint density at radius 2 is 1.81 bits per heavy atom. The fourth-order valence-electron chi connectivity index (χ4n) is 1.66. The Labute approximate surface area is 125 Å². The van der Waals surface area contributed by atoms with E-state index in [0.29, 0.717) is 0 Å². The molecule has 0 saturated heterocycles. The van der Waals surface area contributed by atoms with Gasteiger partial charge < -0.3 is 0 Å². The Bertz CT molecular complexity index is 592. The van der Waals surface area contributed by atoms with Gasteiger partial charge in [-0.15, -0.1) is 0 Å². The largest absolute Gasteiger partial charge is 0.269 e. The maximum absolute atomic E-state index is 10.2. The summed E-state index contributed by atoms with van der Waals surface area (Å²) >= 11 is 0. The Morgan fingerprint density at radius 1 is 1.14 bits per heavy atom. The highest BCUT2D eigenvalue weighted by molar-refractivity contribution is 5.41. The Kier molecular flexibility index (Phi) is 6.81. The van der Waals surface area contributed by atoms with Gasteiger partial charge in [0.05, 0.1) is 10.6 Å². The lowest BCUT2D eigenvalue weighted by molar-refractivity contribution is -0.384. The first kappa shape index (κ1) is 16.6. The molecule has 1 aromatic carbocycles. The van der Waals surface area contributed by atoms with Gasteiger partial charge in [0, 0.05) is 17.8 Å². The van der Waals surface area contributed by atoms with E-state index in [4.69, 9.17) is 0 Å². The average Bonchev–Trinajstić information content (AvgIpc) is 2.55. The second kappa shape index (κ2) is 8.64. The molecule has 0 spiro atoms. The number of nitro benzene ring substituents is 1. The molecule has 1 heterocycles. The maximum Gasteiger partial charge on any atom is 0.269 e. The molecule has 2 aromatic rings. The molecule has 0 unspecified atom stereocenters. The number of hydrogen-bond acceptors (Lipinski definition) is 3. The number of nitro groups is 1. The van der Waals surface area contributed by atoms with Crippen LogP contribution in [0.2, 0.25) is 0 Å². The first-order chi connectivity index (χ1) is 10.1. The van der Waals surface area contributed by atoms with E-state index in [2.05, 4.69) is 18.5 Å². The molecule has 4 heteroatoms. The fraction of sp³-hybridized carbons (Fsp3) is 0.235. The molecule has 2 rings (SSSR count). The van der Waals surface area contributed by atoms with Crippen molar-refractivity contribution in [2.24, 2.45) is 0 Å². The van der Waals surface area contributed by atoms with E-state index in [0.717, 1.165) is 29.8 Å². The summed E-state index contributed by atoms with van der Waals surface area (Å²) in [5.41, 5.74) is 3.36. The van der Waals surface area contributed by atoms with Gasteiger partial charge in [-0.05, 0) is 36.6 Å². The number of aromatic nitrogens is 1. The highest BCUT2D eigenvalue weighted by Gasteiger charge is 2.01. The van der Waals surface area contributed by atoms with E-state index in [1.54, 1.807) is 18.2 Å². The zero-order chi connectivity index (χ0) is 15.7. The number of rotatable bonds is 4. The summed E-state index contributed by atoms with van der Waals surface area (Å²) < 4.78 is 0. The number of hydrogen-bond donors (Lipinski definition) is 0. The number of nitrogens with zero attached hydrogens (tertiary/aromatic N) is 2. The van der Waals surface area contributed by atoms with Gasteiger partial charge in [-0.3, -0.25) is 15.1 Å². The molecule has 0 amide bonds. The fourth-order valence-corrected chi connectivity index (χ4v) is 1.66. The zero-order valence-corrected chi connectivity index (χ0v) is 12.5. The summed E-state index contributed by atoms with van der Waals surface area (Å²) in [6.45, 7) is 7.75. The summed E-state index contributed by atoms with van der Waals surface area (Å²) in [7, 11) is 0. The molecule has 1 aromatic heterocycles. The second-order valence-corrected chi connectivity index (χ2v) is 4.39. The molecule has 0 bridgehead atoms. The normalized spacial score (nSPS) is 9.43. The van der Waals surface area contributed by atoms with Crippen molar-refractivity contribution < 1.29 is 4.92 Å². The lowest BCUT2D eigenvalue weighted by atomic mass is 10.2. The van der Waals surface area contributed by atoms with Gasteiger partial charge in [0.2, 0.25) is 0 Å². The van der Waals surface area contributed by atoms with E-state index >= 15 is 0 Å². The molecule has 4 nitrogen and oxygen atoms in total. The van der Waals surface area contributed by atoms with E-state index in [1.165, 1.54) is 12.1 Å². The van der Waals surface area contributed by atoms with E-state index in [9.17, 15) is 10.1 Å². The SMILES string of the molecule is C=Cc1cccc(CC)n1.CCc1ccc([N+](=O)[O-])cc1. The summed E-state index contributed by atoms with van der Waals surface area (Å²) in [5.74, 6) is 0. The standard InChI is InChI=1S/C9H11N.C8H9NO2/c1-3-8-6-5-7-9(4-2)10-8;1-2-7-3-5-8(6-4-7)9(10)11/h3,5-7H,1,4H2,2H3;3-6H,2H2,1H3. The first-order valence-electron chi connectivity index (χ1n) is 6.92. The first-order valence-corrected chi connectivity index (χ1v) is 6.92. The van der Waals surface area contributed by atoms with Gasteiger partial charge in [-0.1, -0.05) is 38.6 Å².